The van der Waals surface area contributed by atoms with Crippen molar-refractivity contribution in [3.63, 3.8) is 0 Å². The van der Waals surface area contributed by atoms with Crippen LogP contribution >= 0.6 is 0 Å². The average Bonchev–Trinajstić information content (AvgIpc) is 2.63. The zero-order valence-corrected chi connectivity index (χ0v) is 15.2. The van der Waals surface area contributed by atoms with Crippen LogP contribution in [-0.4, -0.2) is 46.3 Å². The molecule has 2 heterocycles. The molecule has 3 rings (SSSR count). The van der Waals surface area contributed by atoms with Crippen molar-refractivity contribution in [2.45, 2.75) is 25.7 Å². The fourth-order valence-electron chi connectivity index (χ4n) is 3.26. The fourth-order valence-corrected chi connectivity index (χ4v) is 3.26. The highest BCUT2D eigenvalue weighted by Gasteiger charge is 2.26. The molecule has 1 unspecified atom stereocenters. The van der Waals surface area contributed by atoms with E-state index in [-0.39, 0.29) is 24.3 Å². The first-order chi connectivity index (χ1) is 13.0. The molecular weight excluding hydrogens is 346 g/mol. The number of hydrogen-bond acceptors (Lipinski definition) is 6. The third kappa shape index (κ3) is 5.24. The molecule has 0 bridgehead atoms. The van der Waals surface area contributed by atoms with Gasteiger partial charge in [-0.3, -0.25) is 19.5 Å². The van der Waals surface area contributed by atoms with Crippen LogP contribution in [0.2, 0.25) is 0 Å². The van der Waals surface area contributed by atoms with Gasteiger partial charge in [0, 0.05) is 37.5 Å². The van der Waals surface area contributed by atoms with Gasteiger partial charge >= 0.3 is 0 Å². The van der Waals surface area contributed by atoms with Gasteiger partial charge in [0.1, 0.15) is 11.4 Å². The second-order valence-corrected chi connectivity index (χ2v) is 6.59. The van der Waals surface area contributed by atoms with Crippen LogP contribution in [0.5, 0.6) is 11.6 Å². The quantitative estimate of drug-likeness (QED) is 0.804. The zero-order chi connectivity index (χ0) is 19.2. The number of nitrogens with zero attached hydrogens (tertiary/aromatic N) is 3. The summed E-state index contributed by atoms with van der Waals surface area (Å²) in [6, 6.07) is 7.07. The normalized spacial score (nSPS) is 17.3. The molecule has 1 aromatic carbocycles. The standard InChI is InChI=1S/C19H23N5O3/c1-13(25)23-15-4-6-16(7-5-15)27-19-18(21-8-9-22-19)14-3-2-10-24(11-14)12-17(20)26/h4-9,14H,2-3,10-12H2,1H3,(H2,20,26)(H,23,25). The number of anilines is 1. The molecule has 8 nitrogen and oxygen atoms in total. The van der Waals surface area contributed by atoms with E-state index in [4.69, 9.17) is 10.5 Å². The van der Waals surface area contributed by atoms with E-state index in [0.29, 0.717) is 23.9 Å². The highest BCUT2D eigenvalue weighted by atomic mass is 16.5. The SMILES string of the molecule is CC(=O)Nc1ccc(Oc2nccnc2C2CCCN(CC(N)=O)C2)cc1. The second-order valence-electron chi connectivity index (χ2n) is 6.59. The Balaban J connectivity index is 1.74. The highest BCUT2D eigenvalue weighted by molar-refractivity contribution is 5.88. The maximum Gasteiger partial charge on any atom is 0.241 e. The number of nitrogens with one attached hydrogen (secondary N) is 1. The van der Waals surface area contributed by atoms with Crippen LogP contribution in [0.25, 0.3) is 0 Å². The topological polar surface area (TPSA) is 110 Å². The summed E-state index contributed by atoms with van der Waals surface area (Å²) in [5.74, 6) is 0.732. The molecule has 142 valence electrons. The summed E-state index contributed by atoms with van der Waals surface area (Å²) in [6.45, 7) is 3.25. The van der Waals surface area contributed by atoms with E-state index in [0.717, 1.165) is 25.1 Å². The first-order valence-corrected chi connectivity index (χ1v) is 8.88. The van der Waals surface area contributed by atoms with Crippen LogP contribution in [0.15, 0.2) is 36.7 Å². The number of aromatic nitrogens is 2. The van der Waals surface area contributed by atoms with Gasteiger partial charge in [-0.1, -0.05) is 0 Å². The molecule has 0 radical (unpaired) electrons. The van der Waals surface area contributed by atoms with Gasteiger partial charge in [0.15, 0.2) is 0 Å². The molecule has 2 amide bonds. The van der Waals surface area contributed by atoms with Crippen molar-refractivity contribution in [1.82, 2.24) is 14.9 Å². The predicted molar refractivity (Wildman–Crippen MR) is 100 cm³/mol. The van der Waals surface area contributed by atoms with Crippen LogP contribution in [0.1, 0.15) is 31.4 Å². The van der Waals surface area contributed by atoms with Gasteiger partial charge in [-0.15, -0.1) is 0 Å². The third-order valence-corrected chi connectivity index (χ3v) is 4.35. The van der Waals surface area contributed by atoms with E-state index >= 15 is 0 Å². The number of carbonyl (C=O) groups is 2. The Bertz CT molecular complexity index is 809. The highest BCUT2D eigenvalue weighted by Crippen LogP contribution is 2.32. The number of rotatable bonds is 6. The van der Waals surface area contributed by atoms with Crippen molar-refractivity contribution in [3.05, 3.63) is 42.4 Å². The minimum Gasteiger partial charge on any atom is -0.437 e. The summed E-state index contributed by atoms with van der Waals surface area (Å²) in [4.78, 5) is 33.2. The van der Waals surface area contributed by atoms with Crippen LogP contribution in [0.3, 0.4) is 0 Å². The number of carbonyl (C=O) groups excluding carboxylic acids is 2. The maximum atomic E-state index is 11.2. The van der Waals surface area contributed by atoms with Crippen molar-refractivity contribution in [3.8, 4) is 11.6 Å². The van der Waals surface area contributed by atoms with Crippen molar-refractivity contribution in [2.24, 2.45) is 5.73 Å². The average molecular weight is 369 g/mol. The van der Waals surface area contributed by atoms with Gasteiger partial charge in [0.05, 0.1) is 6.54 Å². The number of nitrogens with two attached hydrogens (primary N) is 1. The Morgan fingerprint density at radius 2 is 2.00 bits per heavy atom. The Morgan fingerprint density at radius 3 is 2.70 bits per heavy atom. The molecule has 1 aromatic heterocycles. The van der Waals surface area contributed by atoms with E-state index in [1.807, 2.05) is 4.90 Å². The zero-order valence-electron chi connectivity index (χ0n) is 15.2. The maximum absolute atomic E-state index is 11.2. The lowest BCUT2D eigenvalue weighted by Crippen LogP contribution is -2.40. The minimum atomic E-state index is -0.328. The first kappa shape index (κ1) is 18.8. The molecule has 27 heavy (non-hydrogen) atoms. The van der Waals surface area contributed by atoms with E-state index in [9.17, 15) is 9.59 Å². The van der Waals surface area contributed by atoms with E-state index in [1.54, 1.807) is 36.7 Å². The molecular formula is C19H23N5O3. The van der Waals surface area contributed by atoms with Crippen molar-refractivity contribution in [2.75, 3.05) is 25.0 Å². The Hall–Kier alpha value is -3.00. The van der Waals surface area contributed by atoms with Gasteiger partial charge in [-0.25, -0.2) is 4.98 Å². The summed E-state index contributed by atoms with van der Waals surface area (Å²) < 4.78 is 5.94. The minimum absolute atomic E-state index is 0.125. The number of piperidine rings is 1. The molecule has 0 aliphatic carbocycles. The largest absolute Gasteiger partial charge is 0.437 e. The number of ether oxygens (including phenoxy) is 1. The molecule has 1 saturated heterocycles. The molecule has 1 fully saturated rings. The van der Waals surface area contributed by atoms with Crippen LogP contribution in [0, 0.1) is 0 Å². The van der Waals surface area contributed by atoms with Crippen LogP contribution in [0.4, 0.5) is 5.69 Å². The molecule has 1 atom stereocenters. The fraction of sp³-hybridized carbons (Fsp3) is 0.368. The molecule has 8 heteroatoms. The van der Waals surface area contributed by atoms with E-state index < -0.39 is 0 Å². The van der Waals surface area contributed by atoms with Crippen LogP contribution < -0.4 is 15.8 Å². The number of primary amides is 1. The van der Waals surface area contributed by atoms with Crippen molar-refractivity contribution < 1.29 is 14.3 Å². The lowest BCUT2D eigenvalue weighted by Gasteiger charge is -2.31. The van der Waals surface area contributed by atoms with Crippen LogP contribution in [-0.2, 0) is 9.59 Å². The van der Waals surface area contributed by atoms with Gasteiger partial charge in [0.2, 0.25) is 17.7 Å². The summed E-state index contributed by atoms with van der Waals surface area (Å²) >= 11 is 0. The van der Waals surface area contributed by atoms with Gasteiger partial charge in [0.25, 0.3) is 0 Å². The number of hydrogen-bond donors (Lipinski definition) is 2. The summed E-state index contributed by atoms with van der Waals surface area (Å²) in [5.41, 5.74) is 6.80. The number of amides is 2. The molecule has 2 aromatic rings. The Morgan fingerprint density at radius 1 is 1.26 bits per heavy atom. The summed E-state index contributed by atoms with van der Waals surface area (Å²) in [5, 5.41) is 2.71. The Labute approximate surface area is 157 Å². The molecule has 1 aliphatic heterocycles. The van der Waals surface area contributed by atoms with Gasteiger partial charge < -0.3 is 15.8 Å². The first-order valence-electron chi connectivity index (χ1n) is 8.88. The summed E-state index contributed by atoms with van der Waals surface area (Å²) in [6.07, 6.45) is 5.15. The van der Waals surface area contributed by atoms with Gasteiger partial charge in [-0.05, 0) is 43.7 Å². The summed E-state index contributed by atoms with van der Waals surface area (Å²) in [7, 11) is 0. The molecule has 0 saturated carbocycles. The lowest BCUT2D eigenvalue weighted by atomic mass is 9.94. The Kier molecular flexibility index (Phi) is 5.97. The molecule has 3 N–H and O–H groups in total. The molecule has 1 aliphatic rings. The van der Waals surface area contributed by atoms with E-state index in [1.165, 1.54) is 6.92 Å². The molecule has 0 spiro atoms. The third-order valence-electron chi connectivity index (χ3n) is 4.35. The monoisotopic (exact) mass is 369 g/mol. The van der Waals surface area contributed by atoms with Crippen molar-refractivity contribution in [1.29, 1.82) is 0 Å². The second kappa shape index (κ2) is 8.59. The van der Waals surface area contributed by atoms with E-state index in [2.05, 4.69) is 15.3 Å². The van der Waals surface area contributed by atoms with Crippen molar-refractivity contribution >= 4 is 17.5 Å². The number of likely N-dealkylation sites (tertiary alicyclic amines) is 1. The predicted octanol–water partition coefficient (Wildman–Crippen LogP) is 1.89. The number of benzene rings is 1. The smallest absolute Gasteiger partial charge is 0.241 e. The lowest BCUT2D eigenvalue weighted by molar-refractivity contribution is -0.119. The van der Waals surface area contributed by atoms with Gasteiger partial charge in [-0.2, -0.15) is 0 Å².